The van der Waals surface area contributed by atoms with Gasteiger partial charge < -0.3 is 20.3 Å². The lowest BCUT2D eigenvalue weighted by molar-refractivity contribution is 0.102. The van der Waals surface area contributed by atoms with Gasteiger partial charge in [0, 0.05) is 17.3 Å². The molecule has 30 heavy (non-hydrogen) atoms. The van der Waals surface area contributed by atoms with Gasteiger partial charge in [-0.15, -0.1) is 0 Å². The van der Waals surface area contributed by atoms with E-state index in [0.29, 0.717) is 22.7 Å². The normalized spacial score (nSPS) is 10.7. The quantitative estimate of drug-likeness (QED) is 0.563. The Hall–Kier alpha value is -3.23. The summed E-state index contributed by atoms with van der Waals surface area (Å²) in [5.74, 6) is -1.55. The van der Waals surface area contributed by atoms with Crippen molar-refractivity contribution < 1.29 is 24.1 Å². The standard InChI is InChI=1S/C21H19ClFN3O4/c1-10-8-24-21(30-3)11(2)19(10)26-20(29)13-6-15(23)12(7-18(13)28)16-5-4-14(22)17(9-27)25-16/h4-8,27-28H,9H2,1-3H3,(H,24,26,29). The molecule has 0 saturated heterocycles. The van der Waals surface area contributed by atoms with E-state index in [4.69, 9.17) is 16.3 Å². The minimum atomic E-state index is -0.766. The number of aliphatic hydroxyl groups is 1. The van der Waals surface area contributed by atoms with Crippen LogP contribution in [0.15, 0.2) is 30.5 Å². The zero-order valence-corrected chi connectivity index (χ0v) is 17.2. The molecule has 7 nitrogen and oxygen atoms in total. The number of ether oxygens (including phenoxy) is 1. The summed E-state index contributed by atoms with van der Waals surface area (Å²) in [6, 6.07) is 4.95. The number of halogens is 2. The van der Waals surface area contributed by atoms with Crippen molar-refractivity contribution in [1.82, 2.24) is 9.97 Å². The second-order valence-electron chi connectivity index (χ2n) is 6.54. The predicted molar refractivity (Wildman–Crippen MR) is 110 cm³/mol. The average Bonchev–Trinajstić information content (AvgIpc) is 2.73. The highest BCUT2D eigenvalue weighted by atomic mass is 35.5. The van der Waals surface area contributed by atoms with Crippen LogP contribution in [0.2, 0.25) is 5.02 Å². The maximum absolute atomic E-state index is 14.8. The molecular weight excluding hydrogens is 413 g/mol. The molecular formula is C21H19ClFN3O4. The number of nitrogens with one attached hydrogen (secondary N) is 1. The molecule has 3 N–H and O–H groups in total. The Labute approximate surface area is 177 Å². The van der Waals surface area contributed by atoms with E-state index >= 15 is 0 Å². The maximum Gasteiger partial charge on any atom is 0.259 e. The lowest BCUT2D eigenvalue weighted by Crippen LogP contribution is -2.15. The van der Waals surface area contributed by atoms with Gasteiger partial charge in [-0.3, -0.25) is 4.79 Å². The van der Waals surface area contributed by atoms with Crippen molar-refractivity contribution in [2.75, 3.05) is 12.4 Å². The molecule has 0 aliphatic carbocycles. The molecule has 0 atom stereocenters. The topological polar surface area (TPSA) is 105 Å². The van der Waals surface area contributed by atoms with Gasteiger partial charge in [0.2, 0.25) is 5.88 Å². The molecule has 9 heteroatoms. The van der Waals surface area contributed by atoms with Crippen LogP contribution >= 0.6 is 11.6 Å². The van der Waals surface area contributed by atoms with Gasteiger partial charge >= 0.3 is 0 Å². The van der Waals surface area contributed by atoms with Crippen LogP contribution in [-0.4, -0.2) is 33.2 Å². The van der Waals surface area contributed by atoms with Gasteiger partial charge in [0.1, 0.15) is 11.6 Å². The predicted octanol–water partition coefficient (Wildman–Crippen LogP) is 4.01. The Kier molecular flexibility index (Phi) is 6.19. The molecule has 0 fully saturated rings. The van der Waals surface area contributed by atoms with Gasteiger partial charge in [-0.2, -0.15) is 0 Å². The van der Waals surface area contributed by atoms with E-state index in [2.05, 4.69) is 15.3 Å². The van der Waals surface area contributed by atoms with Crippen molar-refractivity contribution in [3.63, 3.8) is 0 Å². The number of aliphatic hydroxyl groups excluding tert-OH is 1. The number of phenolic OH excluding ortho intramolecular Hbond substituents is 1. The number of pyridine rings is 2. The van der Waals surface area contributed by atoms with E-state index in [1.165, 1.54) is 25.4 Å². The molecule has 2 heterocycles. The summed E-state index contributed by atoms with van der Waals surface area (Å²) in [5.41, 5.74) is 1.80. The number of aromatic hydroxyl groups is 1. The minimum Gasteiger partial charge on any atom is -0.507 e. The number of phenols is 1. The third kappa shape index (κ3) is 4.05. The molecule has 2 aromatic heterocycles. The van der Waals surface area contributed by atoms with E-state index in [1.807, 2.05) is 0 Å². The Morgan fingerprint density at radius 3 is 2.70 bits per heavy atom. The first kappa shape index (κ1) is 21.5. The van der Waals surface area contributed by atoms with Crippen molar-refractivity contribution in [2.24, 2.45) is 0 Å². The van der Waals surface area contributed by atoms with Gasteiger partial charge in [0.15, 0.2) is 0 Å². The number of rotatable bonds is 5. The van der Waals surface area contributed by atoms with Crippen molar-refractivity contribution in [3.8, 4) is 22.9 Å². The van der Waals surface area contributed by atoms with E-state index in [-0.39, 0.29) is 27.5 Å². The third-order valence-electron chi connectivity index (χ3n) is 4.57. The number of carbonyl (C=O) groups excluding carboxylic acids is 1. The number of aryl methyl sites for hydroxylation is 1. The summed E-state index contributed by atoms with van der Waals surface area (Å²) in [4.78, 5) is 20.9. The van der Waals surface area contributed by atoms with Crippen LogP contribution < -0.4 is 10.1 Å². The third-order valence-corrected chi connectivity index (χ3v) is 4.92. The zero-order valence-electron chi connectivity index (χ0n) is 16.5. The average molecular weight is 432 g/mol. The summed E-state index contributed by atoms with van der Waals surface area (Å²) in [7, 11) is 1.46. The molecule has 3 aromatic rings. The summed E-state index contributed by atoms with van der Waals surface area (Å²) in [5, 5.41) is 22.6. The van der Waals surface area contributed by atoms with Gasteiger partial charge in [-0.05, 0) is 43.7 Å². The van der Waals surface area contributed by atoms with E-state index in [0.717, 1.165) is 12.1 Å². The first-order chi connectivity index (χ1) is 14.3. The van der Waals surface area contributed by atoms with E-state index in [9.17, 15) is 19.4 Å². The fourth-order valence-corrected chi connectivity index (χ4v) is 3.15. The van der Waals surface area contributed by atoms with Crippen molar-refractivity contribution in [2.45, 2.75) is 20.5 Å². The largest absolute Gasteiger partial charge is 0.507 e. The molecule has 156 valence electrons. The smallest absolute Gasteiger partial charge is 0.259 e. The number of anilines is 1. The molecule has 0 bridgehead atoms. The van der Waals surface area contributed by atoms with Crippen LogP contribution in [0.5, 0.6) is 11.6 Å². The molecule has 0 aliphatic rings. The highest BCUT2D eigenvalue weighted by Gasteiger charge is 2.20. The Morgan fingerprint density at radius 1 is 1.30 bits per heavy atom. The Bertz CT molecular complexity index is 1140. The molecule has 0 aliphatic heterocycles. The fourth-order valence-electron chi connectivity index (χ4n) is 2.98. The van der Waals surface area contributed by atoms with Crippen LogP contribution in [0, 0.1) is 19.7 Å². The second kappa shape index (κ2) is 8.64. The number of nitrogens with zero attached hydrogens (tertiary/aromatic N) is 2. The SMILES string of the molecule is COc1ncc(C)c(NC(=O)c2cc(F)c(-c3ccc(Cl)c(CO)n3)cc2O)c1C. The zero-order chi connectivity index (χ0) is 22.0. The molecule has 3 rings (SSSR count). The Morgan fingerprint density at radius 2 is 2.03 bits per heavy atom. The summed E-state index contributed by atoms with van der Waals surface area (Å²) in [6.45, 7) is 3.06. The van der Waals surface area contributed by atoms with Gasteiger partial charge in [-0.1, -0.05) is 11.6 Å². The van der Waals surface area contributed by atoms with E-state index < -0.39 is 24.1 Å². The summed E-state index contributed by atoms with van der Waals surface area (Å²) in [6.07, 6.45) is 1.54. The van der Waals surface area contributed by atoms with Crippen LogP contribution in [0.3, 0.4) is 0 Å². The fraction of sp³-hybridized carbons (Fsp3) is 0.190. The number of hydrogen-bond acceptors (Lipinski definition) is 6. The molecule has 1 aromatic carbocycles. The monoisotopic (exact) mass is 431 g/mol. The molecule has 0 spiro atoms. The van der Waals surface area contributed by atoms with Crippen LogP contribution in [0.1, 0.15) is 27.2 Å². The highest BCUT2D eigenvalue weighted by Crippen LogP contribution is 2.32. The van der Waals surface area contributed by atoms with E-state index in [1.54, 1.807) is 13.8 Å². The van der Waals surface area contributed by atoms with Crippen LogP contribution in [-0.2, 0) is 6.61 Å². The maximum atomic E-state index is 14.8. The van der Waals surface area contributed by atoms with Gasteiger partial charge in [0.25, 0.3) is 5.91 Å². The molecule has 1 amide bonds. The number of carbonyl (C=O) groups is 1. The van der Waals surface area contributed by atoms with Crippen molar-refractivity contribution in [3.05, 3.63) is 63.7 Å². The van der Waals surface area contributed by atoms with Crippen molar-refractivity contribution in [1.29, 1.82) is 0 Å². The first-order valence-electron chi connectivity index (χ1n) is 8.87. The van der Waals surface area contributed by atoms with Crippen molar-refractivity contribution >= 4 is 23.2 Å². The number of aromatic nitrogens is 2. The second-order valence-corrected chi connectivity index (χ2v) is 6.94. The molecule has 0 unspecified atom stereocenters. The number of hydrogen-bond donors (Lipinski definition) is 3. The lowest BCUT2D eigenvalue weighted by Gasteiger charge is -2.15. The summed E-state index contributed by atoms with van der Waals surface area (Å²) < 4.78 is 19.9. The number of amides is 1. The number of benzene rings is 1. The number of methoxy groups -OCH3 is 1. The van der Waals surface area contributed by atoms with Gasteiger partial charge in [0.05, 0.1) is 41.4 Å². The highest BCUT2D eigenvalue weighted by molar-refractivity contribution is 6.31. The molecule has 0 radical (unpaired) electrons. The lowest BCUT2D eigenvalue weighted by atomic mass is 10.0. The van der Waals surface area contributed by atoms with Crippen LogP contribution in [0.25, 0.3) is 11.3 Å². The first-order valence-corrected chi connectivity index (χ1v) is 9.25. The van der Waals surface area contributed by atoms with Gasteiger partial charge in [-0.25, -0.2) is 14.4 Å². The van der Waals surface area contributed by atoms with Crippen LogP contribution in [0.4, 0.5) is 10.1 Å². The Balaban J connectivity index is 1.97. The minimum absolute atomic E-state index is 0.0339. The summed E-state index contributed by atoms with van der Waals surface area (Å²) >= 11 is 5.91. The molecule has 0 saturated carbocycles.